The third-order valence-corrected chi connectivity index (χ3v) is 4.20. The van der Waals surface area contributed by atoms with E-state index in [-0.39, 0.29) is 5.92 Å². The van der Waals surface area contributed by atoms with Crippen molar-refractivity contribution >= 4 is 11.8 Å². The summed E-state index contributed by atoms with van der Waals surface area (Å²) in [5.74, 6) is 0.661. The number of nitrogens with zero attached hydrogens (tertiary/aromatic N) is 3. The molecule has 2 aromatic rings. The smallest absolute Gasteiger partial charge is 0.306 e. The number of piperidine rings is 1. The summed E-state index contributed by atoms with van der Waals surface area (Å²) in [5.41, 5.74) is 1.78. The Morgan fingerprint density at radius 2 is 1.83 bits per heavy atom. The Balaban J connectivity index is 1.68. The molecule has 0 unspecified atom stereocenters. The maximum absolute atomic E-state index is 11.0. The van der Waals surface area contributed by atoms with Gasteiger partial charge in [-0.2, -0.15) is 0 Å². The summed E-state index contributed by atoms with van der Waals surface area (Å²) in [6.45, 7) is 1.40. The summed E-state index contributed by atoms with van der Waals surface area (Å²) in [6.07, 6.45) is 1.30. The summed E-state index contributed by atoms with van der Waals surface area (Å²) >= 11 is 0. The van der Waals surface area contributed by atoms with Crippen LogP contribution in [0.5, 0.6) is 5.75 Å². The molecule has 0 bridgehead atoms. The molecule has 6 heteroatoms. The second kappa shape index (κ2) is 6.64. The molecular weight excluding hydrogens is 294 g/mol. The average molecular weight is 313 g/mol. The van der Waals surface area contributed by atoms with Crippen LogP contribution < -0.4 is 9.64 Å². The second-order valence-corrected chi connectivity index (χ2v) is 5.60. The standard InChI is InChI=1S/C17H19N3O3/c1-23-14-4-2-12(3-5-14)15-6-7-16(19-18-15)20-10-8-13(9-11-20)17(21)22/h2-7,13H,8-11H2,1H3,(H,21,22). The number of ether oxygens (including phenoxy) is 1. The van der Waals surface area contributed by atoms with E-state index >= 15 is 0 Å². The highest BCUT2D eigenvalue weighted by Crippen LogP contribution is 2.24. The molecule has 0 amide bonds. The predicted molar refractivity (Wildman–Crippen MR) is 86.6 cm³/mol. The third kappa shape index (κ3) is 3.41. The zero-order chi connectivity index (χ0) is 16.2. The van der Waals surface area contributed by atoms with E-state index in [1.54, 1.807) is 7.11 Å². The molecule has 0 aliphatic carbocycles. The SMILES string of the molecule is COc1ccc(-c2ccc(N3CCC(C(=O)O)CC3)nn2)cc1. The van der Waals surface area contributed by atoms with Gasteiger partial charge in [-0.15, -0.1) is 10.2 Å². The molecule has 1 aromatic carbocycles. The van der Waals surface area contributed by atoms with Crippen LogP contribution in [0, 0.1) is 5.92 Å². The van der Waals surface area contributed by atoms with E-state index in [4.69, 9.17) is 9.84 Å². The number of carbonyl (C=O) groups is 1. The van der Waals surface area contributed by atoms with Gasteiger partial charge >= 0.3 is 5.97 Å². The lowest BCUT2D eigenvalue weighted by Crippen LogP contribution is -2.36. The van der Waals surface area contributed by atoms with Crippen LogP contribution in [-0.2, 0) is 4.79 Å². The molecule has 1 aliphatic heterocycles. The number of carboxylic acid groups (broad SMARTS) is 1. The van der Waals surface area contributed by atoms with Crippen LogP contribution in [0.25, 0.3) is 11.3 Å². The van der Waals surface area contributed by atoms with Crippen molar-refractivity contribution in [2.24, 2.45) is 5.92 Å². The molecule has 1 saturated heterocycles. The van der Waals surface area contributed by atoms with Gasteiger partial charge in [-0.1, -0.05) is 0 Å². The molecule has 0 radical (unpaired) electrons. The van der Waals surface area contributed by atoms with Gasteiger partial charge in [0.15, 0.2) is 5.82 Å². The number of aromatic nitrogens is 2. The molecule has 3 rings (SSSR count). The fraction of sp³-hybridized carbons (Fsp3) is 0.353. The van der Waals surface area contributed by atoms with Gasteiger partial charge in [-0.05, 0) is 49.2 Å². The lowest BCUT2D eigenvalue weighted by molar-refractivity contribution is -0.142. The fourth-order valence-corrected chi connectivity index (χ4v) is 2.77. The van der Waals surface area contributed by atoms with Crippen molar-refractivity contribution in [3.8, 4) is 17.0 Å². The van der Waals surface area contributed by atoms with Crippen LogP contribution in [0.2, 0.25) is 0 Å². The van der Waals surface area contributed by atoms with Crippen molar-refractivity contribution in [1.29, 1.82) is 0 Å². The minimum Gasteiger partial charge on any atom is -0.497 e. The quantitative estimate of drug-likeness (QED) is 0.934. The normalized spacial score (nSPS) is 15.4. The molecule has 120 valence electrons. The van der Waals surface area contributed by atoms with E-state index in [1.165, 1.54) is 0 Å². The highest BCUT2D eigenvalue weighted by Gasteiger charge is 2.25. The Kier molecular flexibility index (Phi) is 4.41. The number of carboxylic acids is 1. The fourth-order valence-electron chi connectivity index (χ4n) is 2.77. The zero-order valence-electron chi connectivity index (χ0n) is 13.0. The molecular formula is C17H19N3O3. The summed E-state index contributed by atoms with van der Waals surface area (Å²) in [4.78, 5) is 13.1. The largest absolute Gasteiger partial charge is 0.497 e. The van der Waals surface area contributed by atoms with Gasteiger partial charge in [0.2, 0.25) is 0 Å². The number of aliphatic carboxylic acids is 1. The second-order valence-electron chi connectivity index (χ2n) is 5.60. The van der Waals surface area contributed by atoms with Crippen molar-refractivity contribution < 1.29 is 14.6 Å². The van der Waals surface area contributed by atoms with Crippen LogP contribution >= 0.6 is 0 Å². The van der Waals surface area contributed by atoms with Crippen molar-refractivity contribution in [1.82, 2.24) is 10.2 Å². The number of methoxy groups -OCH3 is 1. The monoisotopic (exact) mass is 313 g/mol. The number of hydrogen-bond acceptors (Lipinski definition) is 5. The van der Waals surface area contributed by atoms with Crippen molar-refractivity contribution in [2.45, 2.75) is 12.8 Å². The minimum atomic E-state index is -0.703. The van der Waals surface area contributed by atoms with Gasteiger partial charge in [0.25, 0.3) is 0 Å². The lowest BCUT2D eigenvalue weighted by Gasteiger charge is -2.30. The number of anilines is 1. The van der Waals surface area contributed by atoms with Gasteiger partial charge in [0.05, 0.1) is 18.7 Å². The third-order valence-electron chi connectivity index (χ3n) is 4.20. The minimum absolute atomic E-state index is 0.238. The first-order valence-electron chi connectivity index (χ1n) is 7.63. The molecule has 2 heterocycles. The van der Waals surface area contributed by atoms with E-state index in [9.17, 15) is 4.79 Å². The predicted octanol–water partition coefficient (Wildman–Crippen LogP) is 2.45. The molecule has 0 atom stereocenters. The number of hydrogen-bond donors (Lipinski definition) is 1. The molecule has 1 aromatic heterocycles. The maximum atomic E-state index is 11.0. The highest BCUT2D eigenvalue weighted by molar-refractivity contribution is 5.70. The van der Waals surface area contributed by atoms with Gasteiger partial charge in [0.1, 0.15) is 5.75 Å². The van der Waals surface area contributed by atoms with Crippen molar-refractivity contribution in [3.05, 3.63) is 36.4 Å². The van der Waals surface area contributed by atoms with Crippen LogP contribution in [0.15, 0.2) is 36.4 Å². The van der Waals surface area contributed by atoms with Crippen LogP contribution in [0.4, 0.5) is 5.82 Å². The van der Waals surface area contributed by atoms with Gasteiger partial charge in [-0.3, -0.25) is 4.79 Å². The molecule has 0 saturated carbocycles. The molecule has 1 fully saturated rings. The molecule has 1 aliphatic rings. The average Bonchev–Trinajstić information content (AvgIpc) is 2.62. The summed E-state index contributed by atoms with van der Waals surface area (Å²) in [5, 5.41) is 17.6. The Hall–Kier alpha value is -2.63. The van der Waals surface area contributed by atoms with Crippen molar-refractivity contribution in [3.63, 3.8) is 0 Å². The van der Waals surface area contributed by atoms with E-state index in [1.807, 2.05) is 36.4 Å². The van der Waals surface area contributed by atoms with Crippen LogP contribution in [0.1, 0.15) is 12.8 Å². The summed E-state index contributed by atoms with van der Waals surface area (Å²) in [7, 11) is 1.64. The summed E-state index contributed by atoms with van der Waals surface area (Å²) in [6, 6.07) is 11.5. The molecule has 23 heavy (non-hydrogen) atoms. The topological polar surface area (TPSA) is 75.5 Å². The van der Waals surface area contributed by atoms with Gasteiger partial charge in [0, 0.05) is 18.7 Å². The maximum Gasteiger partial charge on any atom is 0.306 e. The van der Waals surface area contributed by atoms with Gasteiger partial charge < -0.3 is 14.7 Å². The van der Waals surface area contributed by atoms with Crippen LogP contribution in [-0.4, -0.2) is 41.5 Å². The highest BCUT2D eigenvalue weighted by atomic mass is 16.5. The zero-order valence-corrected chi connectivity index (χ0v) is 13.0. The Bertz CT molecular complexity index is 662. The summed E-state index contributed by atoms with van der Waals surface area (Å²) < 4.78 is 5.14. The lowest BCUT2D eigenvalue weighted by atomic mass is 9.97. The van der Waals surface area contributed by atoms with Crippen molar-refractivity contribution in [2.75, 3.05) is 25.1 Å². The molecule has 0 spiro atoms. The first kappa shape index (κ1) is 15.3. The van der Waals surface area contributed by atoms with E-state index in [2.05, 4.69) is 15.1 Å². The first-order chi connectivity index (χ1) is 11.2. The van der Waals surface area contributed by atoms with Gasteiger partial charge in [-0.25, -0.2) is 0 Å². The number of benzene rings is 1. The molecule has 6 nitrogen and oxygen atoms in total. The Morgan fingerprint density at radius 1 is 1.13 bits per heavy atom. The Labute approximate surface area is 134 Å². The van der Waals surface area contributed by atoms with E-state index in [0.29, 0.717) is 25.9 Å². The first-order valence-corrected chi connectivity index (χ1v) is 7.63. The van der Waals surface area contributed by atoms with E-state index in [0.717, 1.165) is 22.8 Å². The number of rotatable bonds is 4. The van der Waals surface area contributed by atoms with Crippen LogP contribution in [0.3, 0.4) is 0 Å². The van der Waals surface area contributed by atoms with E-state index < -0.39 is 5.97 Å². The Morgan fingerprint density at radius 3 is 2.35 bits per heavy atom. The molecule has 1 N–H and O–H groups in total.